The lowest BCUT2D eigenvalue weighted by atomic mass is 10.1. The summed E-state index contributed by atoms with van der Waals surface area (Å²) in [6, 6.07) is 0. The van der Waals surface area contributed by atoms with E-state index in [9.17, 15) is 0 Å². The zero-order valence-electron chi connectivity index (χ0n) is 14.9. The van der Waals surface area contributed by atoms with E-state index in [1.54, 1.807) is 0 Å². The second-order valence-electron chi connectivity index (χ2n) is 5.30. The summed E-state index contributed by atoms with van der Waals surface area (Å²) in [5.74, 6) is 0. The Morgan fingerprint density at radius 2 is 0.286 bits per heavy atom. The molecule has 0 aliphatic heterocycles. The Hall–Kier alpha value is -0.120. The first-order chi connectivity index (χ1) is 10.5. The largest absolute Gasteiger partial charge is 0.400 e. The lowest BCUT2D eigenvalue weighted by molar-refractivity contribution is 0.399. The molecule has 3 heteroatoms. The Labute approximate surface area is 133 Å². The molecule has 0 saturated heterocycles. The van der Waals surface area contributed by atoms with Crippen LogP contribution in [0.5, 0.6) is 0 Å². The molecule has 0 heterocycles. The normalized spacial score (nSPS) is 18.0. The highest BCUT2D eigenvalue weighted by Crippen LogP contribution is 2.16. The third kappa shape index (κ3) is 28.7. The fourth-order valence-electron chi connectivity index (χ4n) is 2.65. The second kappa shape index (κ2) is 32.0. The summed E-state index contributed by atoms with van der Waals surface area (Å²) < 4.78 is 0. The van der Waals surface area contributed by atoms with Crippen molar-refractivity contribution in [3.8, 4) is 0 Å². The topological polar surface area (TPSA) is 60.7 Å². The molecule has 1 aliphatic carbocycles. The Bertz CT molecular complexity index is 71.0. The Morgan fingerprint density at radius 1 is 0.238 bits per heavy atom. The molecular formula is C18H42O3. The summed E-state index contributed by atoms with van der Waals surface area (Å²) in [4.78, 5) is 0. The van der Waals surface area contributed by atoms with Crippen molar-refractivity contribution in [1.82, 2.24) is 0 Å². The van der Waals surface area contributed by atoms with Crippen molar-refractivity contribution in [2.45, 2.75) is 96.3 Å². The standard InChI is InChI=1S/C15H30.3CH4O/c1-2-4-6-8-10-12-14-15-13-11-9-7-5-3-1;3*1-2/h1-15H2;3*2H,1H3. The predicted octanol–water partition coefficient (Wildman–Crippen LogP) is 4.68. The van der Waals surface area contributed by atoms with Crippen LogP contribution in [0.3, 0.4) is 0 Å². The van der Waals surface area contributed by atoms with Crippen molar-refractivity contribution in [3.63, 3.8) is 0 Å². The molecule has 0 amide bonds. The summed E-state index contributed by atoms with van der Waals surface area (Å²) in [6.07, 6.45) is 22.5. The summed E-state index contributed by atoms with van der Waals surface area (Å²) in [5, 5.41) is 21.0. The van der Waals surface area contributed by atoms with Gasteiger partial charge in [-0.25, -0.2) is 0 Å². The minimum atomic E-state index is 1.00. The van der Waals surface area contributed by atoms with Gasteiger partial charge < -0.3 is 15.3 Å². The minimum Gasteiger partial charge on any atom is -0.400 e. The van der Waals surface area contributed by atoms with Gasteiger partial charge in [0.15, 0.2) is 0 Å². The highest BCUT2D eigenvalue weighted by Gasteiger charge is 1.96. The average molecular weight is 307 g/mol. The molecule has 0 atom stereocenters. The fourth-order valence-corrected chi connectivity index (χ4v) is 2.65. The molecule has 0 unspecified atom stereocenters. The van der Waals surface area contributed by atoms with Gasteiger partial charge in [-0.2, -0.15) is 0 Å². The zero-order chi connectivity index (χ0) is 16.6. The van der Waals surface area contributed by atoms with Crippen LogP contribution in [0.15, 0.2) is 0 Å². The Balaban J connectivity index is -0.000000478. The summed E-state index contributed by atoms with van der Waals surface area (Å²) in [6.45, 7) is 0. The highest BCUT2D eigenvalue weighted by atomic mass is 16.2. The maximum absolute atomic E-state index is 7.00. The molecule has 3 N–H and O–H groups in total. The van der Waals surface area contributed by atoms with Crippen LogP contribution in [0.25, 0.3) is 0 Å². The van der Waals surface area contributed by atoms with Gasteiger partial charge in [-0.1, -0.05) is 96.3 Å². The molecule has 0 aromatic rings. The average Bonchev–Trinajstić information content (AvgIpc) is 2.59. The molecule has 0 aromatic heterocycles. The second-order valence-corrected chi connectivity index (χ2v) is 5.30. The van der Waals surface area contributed by atoms with Gasteiger partial charge in [0.25, 0.3) is 0 Å². The van der Waals surface area contributed by atoms with Crippen LogP contribution in [0.1, 0.15) is 96.3 Å². The van der Waals surface area contributed by atoms with Gasteiger partial charge in [0.1, 0.15) is 0 Å². The van der Waals surface area contributed by atoms with Gasteiger partial charge >= 0.3 is 0 Å². The van der Waals surface area contributed by atoms with E-state index in [1.807, 2.05) is 0 Å². The van der Waals surface area contributed by atoms with Gasteiger partial charge in [0.05, 0.1) is 0 Å². The first kappa shape index (κ1) is 25.8. The van der Waals surface area contributed by atoms with E-state index in [1.165, 1.54) is 96.3 Å². The van der Waals surface area contributed by atoms with Gasteiger partial charge in [-0.05, 0) is 0 Å². The predicted molar refractivity (Wildman–Crippen MR) is 93.7 cm³/mol. The van der Waals surface area contributed by atoms with E-state index in [4.69, 9.17) is 15.3 Å². The van der Waals surface area contributed by atoms with Crippen molar-refractivity contribution in [1.29, 1.82) is 0 Å². The maximum atomic E-state index is 7.00. The van der Waals surface area contributed by atoms with Crippen LogP contribution in [0, 0.1) is 0 Å². The third-order valence-electron chi connectivity index (χ3n) is 3.75. The first-order valence-corrected chi connectivity index (χ1v) is 8.84. The van der Waals surface area contributed by atoms with E-state index < -0.39 is 0 Å². The van der Waals surface area contributed by atoms with Crippen molar-refractivity contribution < 1.29 is 15.3 Å². The first-order valence-electron chi connectivity index (χ1n) is 8.84. The zero-order valence-corrected chi connectivity index (χ0v) is 14.9. The quantitative estimate of drug-likeness (QED) is 0.609. The maximum Gasteiger partial charge on any atom is 0.0319 e. The molecule has 1 aliphatic rings. The van der Waals surface area contributed by atoms with Crippen molar-refractivity contribution in [2.24, 2.45) is 0 Å². The third-order valence-corrected chi connectivity index (χ3v) is 3.75. The molecule has 1 fully saturated rings. The van der Waals surface area contributed by atoms with Crippen LogP contribution in [0.4, 0.5) is 0 Å². The minimum absolute atomic E-state index is 1.00. The molecule has 21 heavy (non-hydrogen) atoms. The monoisotopic (exact) mass is 306 g/mol. The SMILES string of the molecule is C1CCCCCCCCCCCCCC1.CO.CO.CO. The number of hydrogen-bond donors (Lipinski definition) is 3. The molecule has 0 aromatic carbocycles. The van der Waals surface area contributed by atoms with Gasteiger partial charge in [-0.3, -0.25) is 0 Å². The molecule has 1 rings (SSSR count). The smallest absolute Gasteiger partial charge is 0.0319 e. The van der Waals surface area contributed by atoms with E-state index in [0.29, 0.717) is 0 Å². The Morgan fingerprint density at radius 3 is 0.333 bits per heavy atom. The molecule has 132 valence electrons. The number of hydrogen-bond acceptors (Lipinski definition) is 3. The lowest BCUT2D eigenvalue weighted by Gasteiger charge is -2.01. The van der Waals surface area contributed by atoms with Crippen LogP contribution < -0.4 is 0 Å². The fraction of sp³-hybridized carbons (Fsp3) is 1.00. The van der Waals surface area contributed by atoms with Crippen molar-refractivity contribution >= 4 is 0 Å². The number of aliphatic hydroxyl groups excluding tert-OH is 3. The number of rotatable bonds is 0. The van der Waals surface area contributed by atoms with E-state index in [0.717, 1.165) is 21.3 Å². The summed E-state index contributed by atoms with van der Waals surface area (Å²) in [5.41, 5.74) is 0. The van der Waals surface area contributed by atoms with E-state index >= 15 is 0 Å². The summed E-state index contributed by atoms with van der Waals surface area (Å²) >= 11 is 0. The van der Waals surface area contributed by atoms with Crippen LogP contribution in [-0.4, -0.2) is 36.6 Å². The summed E-state index contributed by atoms with van der Waals surface area (Å²) in [7, 11) is 3.00. The van der Waals surface area contributed by atoms with Crippen LogP contribution >= 0.6 is 0 Å². The van der Waals surface area contributed by atoms with Gasteiger partial charge in [0, 0.05) is 21.3 Å². The molecule has 0 bridgehead atoms. The lowest BCUT2D eigenvalue weighted by Crippen LogP contribution is -1.81. The molecule has 0 radical (unpaired) electrons. The Kier molecular flexibility index (Phi) is 39.3. The van der Waals surface area contributed by atoms with Crippen molar-refractivity contribution in [2.75, 3.05) is 21.3 Å². The van der Waals surface area contributed by atoms with E-state index in [2.05, 4.69) is 0 Å². The molecule has 0 spiro atoms. The van der Waals surface area contributed by atoms with Crippen LogP contribution in [-0.2, 0) is 0 Å². The van der Waals surface area contributed by atoms with Gasteiger partial charge in [-0.15, -0.1) is 0 Å². The molecule has 3 nitrogen and oxygen atoms in total. The van der Waals surface area contributed by atoms with Crippen LogP contribution in [0.2, 0.25) is 0 Å². The van der Waals surface area contributed by atoms with Gasteiger partial charge in [0.2, 0.25) is 0 Å². The molecular weight excluding hydrogens is 264 g/mol. The van der Waals surface area contributed by atoms with Crippen molar-refractivity contribution in [3.05, 3.63) is 0 Å². The number of aliphatic hydroxyl groups is 3. The van der Waals surface area contributed by atoms with E-state index in [-0.39, 0.29) is 0 Å². The highest BCUT2D eigenvalue weighted by molar-refractivity contribution is 4.52. The molecule has 1 saturated carbocycles.